The molecule has 8 heteroatoms. The van der Waals surface area contributed by atoms with Crippen LogP contribution in [-0.4, -0.2) is 26.1 Å². The lowest BCUT2D eigenvalue weighted by atomic mass is 9.79. The maximum atomic E-state index is 12.6. The summed E-state index contributed by atoms with van der Waals surface area (Å²) in [6.45, 7) is 0.460. The van der Waals surface area contributed by atoms with E-state index < -0.39 is 10.0 Å². The lowest BCUT2D eigenvalue weighted by Gasteiger charge is -2.29. The summed E-state index contributed by atoms with van der Waals surface area (Å²) >= 11 is 3.32. The monoisotopic (exact) mass is 470 g/mol. The minimum Gasteiger partial charge on any atom is -0.289 e. The molecule has 2 fully saturated rings. The van der Waals surface area contributed by atoms with Crippen molar-refractivity contribution in [1.29, 1.82) is 0 Å². The van der Waals surface area contributed by atoms with Crippen molar-refractivity contribution >= 4 is 31.9 Å². The smallest absolute Gasteiger partial charge is 0.243 e. The minimum absolute atomic E-state index is 0.285. The fourth-order valence-electron chi connectivity index (χ4n) is 4.65. The Kier molecular flexibility index (Phi) is 7.31. The number of nitrogens with one attached hydrogen (secondary N) is 2. The number of benzene rings is 1. The van der Waals surface area contributed by atoms with Gasteiger partial charge >= 0.3 is 0 Å². The van der Waals surface area contributed by atoms with Crippen LogP contribution >= 0.6 is 15.9 Å². The number of amides is 1. The molecule has 3 N–H and O–H groups in total. The molecule has 4 atom stereocenters. The van der Waals surface area contributed by atoms with E-state index in [0.717, 1.165) is 10.9 Å². The summed E-state index contributed by atoms with van der Waals surface area (Å²) in [5.41, 5.74) is 1.64. The van der Waals surface area contributed by atoms with Crippen LogP contribution in [0.4, 0.5) is 0 Å². The number of sulfonamides is 1. The van der Waals surface area contributed by atoms with E-state index in [4.69, 9.17) is 5.21 Å². The molecule has 0 saturated heterocycles. The van der Waals surface area contributed by atoms with Crippen LogP contribution in [0.2, 0.25) is 0 Å². The number of halogens is 1. The molecule has 2 saturated carbocycles. The summed E-state index contributed by atoms with van der Waals surface area (Å²) < 4.78 is 28.9. The fourth-order valence-corrected chi connectivity index (χ4v) is 5.99. The van der Waals surface area contributed by atoms with E-state index in [1.54, 1.807) is 29.7 Å². The molecular formula is C20H27BrN2O4S. The normalized spacial score (nSPS) is 26.8. The summed E-state index contributed by atoms with van der Waals surface area (Å²) in [7, 11) is -3.51. The van der Waals surface area contributed by atoms with Crippen molar-refractivity contribution in [3.8, 4) is 0 Å². The average molecular weight is 471 g/mol. The van der Waals surface area contributed by atoms with Crippen molar-refractivity contribution in [2.45, 2.75) is 43.4 Å². The summed E-state index contributed by atoms with van der Waals surface area (Å²) in [6.07, 6.45) is 9.65. The van der Waals surface area contributed by atoms with Crippen LogP contribution in [0.15, 0.2) is 45.8 Å². The van der Waals surface area contributed by atoms with E-state index >= 15 is 0 Å². The van der Waals surface area contributed by atoms with Crippen LogP contribution < -0.4 is 10.2 Å². The molecular weight excluding hydrogens is 444 g/mol. The van der Waals surface area contributed by atoms with Gasteiger partial charge in [0.1, 0.15) is 0 Å². The lowest BCUT2D eigenvalue weighted by molar-refractivity contribution is -0.129. The standard InChI is InChI=1S/C20H27BrN2O4S/c21-16-8-10-17(11-9-16)28(26,27)22-13-19-15-7-6-14(12-15)18(19)4-2-1-3-5-20(24)23-25/h2,4,8-11,14-15,18-19,22,25H,1,3,5-7,12-13H2,(H,23,24)/t14-,15+,18+,19+/m0/s1. The molecule has 2 bridgehead atoms. The number of carbonyl (C=O) groups excluding carboxylic acids is 1. The molecule has 0 radical (unpaired) electrons. The fraction of sp³-hybridized carbons (Fsp3) is 0.550. The highest BCUT2D eigenvalue weighted by molar-refractivity contribution is 9.10. The van der Waals surface area contributed by atoms with Gasteiger partial charge in [-0.1, -0.05) is 28.1 Å². The molecule has 0 aromatic heterocycles. The number of hydroxylamine groups is 1. The molecule has 0 spiro atoms. The van der Waals surface area contributed by atoms with Crippen molar-refractivity contribution in [2.24, 2.45) is 23.7 Å². The first-order chi connectivity index (χ1) is 13.4. The van der Waals surface area contributed by atoms with Gasteiger partial charge in [-0.25, -0.2) is 18.6 Å². The molecule has 154 valence electrons. The number of unbranched alkanes of at least 4 members (excludes halogenated alkanes) is 1. The van der Waals surface area contributed by atoms with Gasteiger partial charge in [-0.05, 0) is 80.0 Å². The van der Waals surface area contributed by atoms with Crippen LogP contribution in [0.25, 0.3) is 0 Å². The molecule has 6 nitrogen and oxygen atoms in total. The van der Waals surface area contributed by atoms with E-state index in [1.165, 1.54) is 19.3 Å². The second-order valence-electron chi connectivity index (χ2n) is 7.74. The molecule has 0 aliphatic heterocycles. The van der Waals surface area contributed by atoms with Gasteiger partial charge in [0.05, 0.1) is 4.90 Å². The highest BCUT2D eigenvalue weighted by Crippen LogP contribution is 2.52. The highest BCUT2D eigenvalue weighted by Gasteiger charge is 2.46. The molecule has 2 aliphatic carbocycles. The zero-order valence-corrected chi connectivity index (χ0v) is 18.1. The van der Waals surface area contributed by atoms with Gasteiger partial charge in [-0.2, -0.15) is 0 Å². The Labute approximate surface area is 174 Å². The van der Waals surface area contributed by atoms with E-state index in [-0.39, 0.29) is 10.8 Å². The van der Waals surface area contributed by atoms with Crippen LogP contribution in [0.3, 0.4) is 0 Å². The Morgan fingerprint density at radius 2 is 1.93 bits per heavy atom. The molecule has 0 heterocycles. The van der Waals surface area contributed by atoms with E-state index in [0.29, 0.717) is 43.1 Å². The van der Waals surface area contributed by atoms with Crippen molar-refractivity contribution < 1.29 is 18.4 Å². The number of rotatable bonds is 9. The number of hydrogen-bond donors (Lipinski definition) is 3. The number of fused-ring (bicyclic) bond motifs is 2. The topological polar surface area (TPSA) is 95.5 Å². The second kappa shape index (κ2) is 9.52. The maximum absolute atomic E-state index is 12.6. The SMILES string of the molecule is O=C(CCCC=C[C@@H]1[C@H]2CC[C@H](C2)[C@H]1CNS(=O)(=O)c1ccc(Br)cc1)NO. The molecule has 1 amide bonds. The first-order valence-corrected chi connectivity index (χ1v) is 12.0. The average Bonchev–Trinajstić information content (AvgIpc) is 3.28. The highest BCUT2D eigenvalue weighted by atomic mass is 79.9. The zero-order chi connectivity index (χ0) is 20.1. The minimum atomic E-state index is -3.51. The quantitative estimate of drug-likeness (QED) is 0.222. The van der Waals surface area contributed by atoms with Crippen LogP contribution in [0.5, 0.6) is 0 Å². The van der Waals surface area contributed by atoms with Gasteiger partial charge in [-0.15, -0.1) is 0 Å². The molecule has 3 rings (SSSR count). The Balaban J connectivity index is 1.57. The molecule has 1 aromatic carbocycles. The van der Waals surface area contributed by atoms with E-state index in [1.807, 2.05) is 0 Å². The molecule has 1 aromatic rings. The molecule has 28 heavy (non-hydrogen) atoms. The van der Waals surface area contributed by atoms with Gasteiger partial charge in [0.25, 0.3) is 0 Å². The number of allylic oxidation sites excluding steroid dienone is 2. The molecule has 0 unspecified atom stereocenters. The first-order valence-electron chi connectivity index (χ1n) is 9.75. The summed E-state index contributed by atoms with van der Waals surface area (Å²) in [5.74, 6) is 1.55. The zero-order valence-electron chi connectivity index (χ0n) is 15.7. The van der Waals surface area contributed by atoms with Crippen molar-refractivity contribution in [2.75, 3.05) is 6.54 Å². The predicted octanol–water partition coefficient (Wildman–Crippen LogP) is 3.62. The Morgan fingerprint density at radius 1 is 1.21 bits per heavy atom. The maximum Gasteiger partial charge on any atom is 0.243 e. The number of carbonyl (C=O) groups is 1. The third-order valence-corrected chi connectivity index (χ3v) is 8.02. The van der Waals surface area contributed by atoms with Crippen molar-refractivity contribution in [3.63, 3.8) is 0 Å². The van der Waals surface area contributed by atoms with Crippen molar-refractivity contribution in [3.05, 3.63) is 40.9 Å². The summed E-state index contributed by atoms with van der Waals surface area (Å²) in [5, 5.41) is 8.51. The lowest BCUT2D eigenvalue weighted by Crippen LogP contribution is -2.35. The van der Waals surface area contributed by atoms with Gasteiger partial charge in [0.2, 0.25) is 15.9 Å². The first kappa shape index (κ1) is 21.5. The van der Waals surface area contributed by atoms with Crippen LogP contribution in [0, 0.1) is 23.7 Å². The summed E-state index contributed by atoms with van der Waals surface area (Å²) in [4.78, 5) is 11.3. The van der Waals surface area contributed by atoms with Gasteiger partial charge in [0, 0.05) is 17.4 Å². The van der Waals surface area contributed by atoms with Gasteiger partial charge in [0.15, 0.2) is 0 Å². The van der Waals surface area contributed by atoms with Crippen molar-refractivity contribution in [1.82, 2.24) is 10.2 Å². The molecule has 2 aliphatic rings. The third-order valence-electron chi connectivity index (χ3n) is 6.05. The van der Waals surface area contributed by atoms with Gasteiger partial charge < -0.3 is 0 Å². The Morgan fingerprint density at radius 3 is 2.64 bits per heavy atom. The van der Waals surface area contributed by atoms with Crippen LogP contribution in [-0.2, 0) is 14.8 Å². The Bertz CT molecular complexity index is 810. The summed E-state index contributed by atoms with van der Waals surface area (Å²) in [6, 6.07) is 6.67. The second-order valence-corrected chi connectivity index (χ2v) is 10.4. The van der Waals surface area contributed by atoms with E-state index in [2.05, 4.69) is 32.8 Å². The van der Waals surface area contributed by atoms with Crippen LogP contribution in [0.1, 0.15) is 38.5 Å². The van der Waals surface area contributed by atoms with E-state index in [9.17, 15) is 13.2 Å². The number of hydrogen-bond acceptors (Lipinski definition) is 4. The largest absolute Gasteiger partial charge is 0.289 e. The Hall–Kier alpha value is -1.22. The third kappa shape index (κ3) is 5.23. The predicted molar refractivity (Wildman–Crippen MR) is 110 cm³/mol. The van der Waals surface area contributed by atoms with Gasteiger partial charge in [-0.3, -0.25) is 10.0 Å².